The van der Waals surface area contributed by atoms with E-state index in [1.54, 1.807) is 81.9 Å². The van der Waals surface area contributed by atoms with Crippen molar-refractivity contribution >= 4 is 29.7 Å². The second kappa shape index (κ2) is 24.1. The summed E-state index contributed by atoms with van der Waals surface area (Å²) < 4.78 is 3.01. The molecule has 2 unspecified atom stereocenters. The summed E-state index contributed by atoms with van der Waals surface area (Å²) >= 11 is 3.11. The van der Waals surface area contributed by atoms with Crippen molar-refractivity contribution in [2.45, 2.75) is 188 Å². The molecule has 70 heavy (non-hydrogen) atoms. The van der Waals surface area contributed by atoms with E-state index in [2.05, 4.69) is 236 Å². The van der Waals surface area contributed by atoms with Crippen LogP contribution < -0.4 is 45.7 Å². The first-order valence-corrected chi connectivity index (χ1v) is 28.3. The molecule has 2 aromatic rings. The van der Waals surface area contributed by atoms with Gasteiger partial charge in [-0.3, -0.25) is 0 Å². The van der Waals surface area contributed by atoms with Gasteiger partial charge in [0.2, 0.25) is 0 Å². The molecule has 376 valence electrons. The zero-order chi connectivity index (χ0) is 50.9. The molecule has 0 nitrogen and oxygen atoms in total. The summed E-state index contributed by atoms with van der Waals surface area (Å²) in [5, 5.41) is 5.40. The first-order valence-electron chi connectivity index (χ1n) is 25.8. The van der Waals surface area contributed by atoms with Crippen LogP contribution in [0.1, 0.15) is 188 Å². The van der Waals surface area contributed by atoms with Crippen molar-refractivity contribution < 1.29 is 73.3 Å². The molecule has 0 bridgehead atoms. The molecule has 0 saturated heterocycles. The smallest absolute Gasteiger partial charge is 1.00 e. The Morgan fingerprint density at radius 2 is 0.829 bits per heavy atom. The number of rotatable bonds is 6. The van der Waals surface area contributed by atoms with E-state index >= 15 is 0 Å². The Balaban J connectivity index is 0.000000313. The van der Waals surface area contributed by atoms with Gasteiger partial charge in [0.25, 0.3) is 0 Å². The molecule has 0 saturated carbocycles. The van der Waals surface area contributed by atoms with Gasteiger partial charge in [-0.2, -0.15) is 35.5 Å². The van der Waals surface area contributed by atoms with Crippen molar-refractivity contribution in [3.05, 3.63) is 162 Å². The predicted molar refractivity (Wildman–Crippen MR) is 293 cm³/mol. The van der Waals surface area contributed by atoms with Gasteiger partial charge in [0, 0.05) is 0 Å². The molecular weight excluding hydrogens is 1050 g/mol. The molecule has 0 N–H and O–H groups in total. The summed E-state index contributed by atoms with van der Waals surface area (Å²) in [6, 6.07) is 14.0. The van der Waals surface area contributed by atoms with Crippen LogP contribution in [0.15, 0.2) is 117 Å². The molecule has 4 heteroatoms. The summed E-state index contributed by atoms with van der Waals surface area (Å²) in [5.74, 6) is 0. The third kappa shape index (κ3) is 13.1. The molecule has 8 rings (SSSR count). The minimum atomic E-state index is -0.157. The number of halogens is 2. The van der Waals surface area contributed by atoms with E-state index in [0.29, 0.717) is 0 Å². The van der Waals surface area contributed by atoms with E-state index in [4.69, 9.17) is 0 Å². The minimum absolute atomic E-state index is 0. The van der Waals surface area contributed by atoms with Crippen LogP contribution in [0, 0.1) is 33.8 Å². The van der Waals surface area contributed by atoms with Crippen LogP contribution in [0.4, 0.5) is 0 Å². The second-order valence-electron chi connectivity index (χ2n) is 24.3. The number of hydrogen-bond acceptors (Lipinski definition) is 0. The maximum Gasteiger partial charge on any atom is -1.00 e. The van der Waals surface area contributed by atoms with E-state index in [0.717, 1.165) is 38.5 Å². The fourth-order valence-electron chi connectivity index (χ4n) is 10.9. The number of hydrogen-bond donors (Lipinski definition) is 0. The van der Waals surface area contributed by atoms with E-state index in [1.807, 2.05) is 0 Å². The third-order valence-corrected chi connectivity index (χ3v) is 14.7. The summed E-state index contributed by atoms with van der Waals surface area (Å²) in [7, 11) is 0. The minimum Gasteiger partial charge on any atom is -1.00 e. The van der Waals surface area contributed by atoms with Crippen LogP contribution in [0.5, 0.6) is 0 Å². The molecule has 0 spiro atoms. The van der Waals surface area contributed by atoms with Crippen molar-refractivity contribution in [1.29, 1.82) is 0 Å². The average Bonchev–Trinajstić information content (AvgIpc) is 4.02. The van der Waals surface area contributed by atoms with Gasteiger partial charge in [0.05, 0.1) is 0 Å². The van der Waals surface area contributed by atoms with Crippen molar-refractivity contribution in [3.8, 4) is 0 Å². The fourth-order valence-corrected chi connectivity index (χ4v) is 10.9. The number of benzene rings is 2. The van der Waals surface area contributed by atoms with Crippen LogP contribution in [0.3, 0.4) is 0 Å². The van der Waals surface area contributed by atoms with Gasteiger partial charge >= 0.3 is 82.6 Å². The number of fused-ring (bicyclic) bond motifs is 4. The van der Waals surface area contributed by atoms with Gasteiger partial charge in [0.15, 0.2) is 0 Å². The maximum atomic E-state index is 4.07. The molecule has 2 atom stereocenters. The second-order valence-corrected chi connectivity index (χ2v) is 29.2. The maximum absolute atomic E-state index is 4.07. The van der Waals surface area contributed by atoms with Crippen LogP contribution in [-0.2, 0) is 59.3 Å². The summed E-state index contributed by atoms with van der Waals surface area (Å²) in [6.45, 7) is 45.7. The first kappa shape index (κ1) is 62.2. The number of allylic oxidation sites excluding steroid dienone is 16. The molecule has 2 aromatic carbocycles. The Bertz CT molecular complexity index is 2660. The monoisotopic (exact) mass is 1130 g/mol. The Morgan fingerprint density at radius 1 is 0.514 bits per heavy atom. The van der Waals surface area contributed by atoms with Gasteiger partial charge in [-0.15, -0.1) is 23.3 Å². The quantitative estimate of drug-likeness (QED) is 0.254. The topological polar surface area (TPSA) is 0 Å². The van der Waals surface area contributed by atoms with E-state index < -0.39 is 0 Å². The Morgan fingerprint density at radius 3 is 1.09 bits per heavy atom. The van der Waals surface area contributed by atoms with Gasteiger partial charge in [0.1, 0.15) is 0 Å². The molecule has 0 amide bonds. The van der Waals surface area contributed by atoms with E-state index in [9.17, 15) is 0 Å². The van der Waals surface area contributed by atoms with Crippen molar-refractivity contribution in [3.63, 3.8) is 0 Å². The van der Waals surface area contributed by atoms with E-state index in [-0.39, 0.29) is 57.3 Å². The molecular formula is C66H86Cl2Zr2-4. The molecule has 6 aliphatic rings. The van der Waals surface area contributed by atoms with E-state index in [1.165, 1.54) is 60.7 Å². The van der Waals surface area contributed by atoms with Crippen molar-refractivity contribution in [2.24, 2.45) is 21.7 Å². The Kier molecular flexibility index (Phi) is 21.4. The van der Waals surface area contributed by atoms with Gasteiger partial charge in [-0.1, -0.05) is 204 Å². The summed E-state index contributed by atoms with van der Waals surface area (Å²) in [4.78, 5) is 0. The van der Waals surface area contributed by atoms with Gasteiger partial charge in [-0.25, -0.2) is 0 Å². The fraction of sp³-hybridized carbons (Fsp3) is 0.485. The van der Waals surface area contributed by atoms with Crippen LogP contribution in [-0.4, -0.2) is 6.41 Å². The molecule has 0 aromatic heterocycles. The molecule has 0 aliphatic heterocycles. The third-order valence-electron chi connectivity index (χ3n) is 14.7. The van der Waals surface area contributed by atoms with Crippen LogP contribution in [0.2, 0.25) is 0 Å². The molecule has 0 radical (unpaired) electrons. The Hall–Kier alpha value is -2.07. The van der Waals surface area contributed by atoms with Crippen molar-refractivity contribution in [1.82, 2.24) is 0 Å². The van der Waals surface area contributed by atoms with Gasteiger partial charge < -0.3 is 24.8 Å². The summed E-state index contributed by atoms with van der Waals surface area (Å²) in [5.41, 5.74) is 17.5. The molecule has 0 heterocycles. The zero-order valence-corrected chi connectivity index (χ0v) is 53.5. The Labute approximate surface area is 469 Å². The van der Waals surface area contributed by atoms with Crippen LogP contribution >= 0.6 is 0 Å². The SMILES string of the molecule is CCC1=CCC(C2(C(C)(C)C)[C-]=C3C=c4cc(C(C)(C)C)ccc4=C3C=C2)=C1CC.CCC1=CCC(C2(C(C)(C)C)[C-]=C3C=c4cc(C(C)(C)C)ccc4=C3C=C2)=C1CC.C[C](C)=[Zr].C[C](C)=[Zr].[Cl-].[Cl-]. The van der Waals surface area contributed by atoms with Crippen molar-refractivity contribution in [2.75, 3.05) is 0 Å². The predicted octanol–water partition coefficient (Wildman–Crippen LogP) is 8.91. The normalized spacial score (nSPS) is 20.7. The zero-order valence-electron chi connectivity index (χ0n) is 47.1. The molecule has 0 fully saturated rings. The first-order chi connectivity index (χ1) is 31.5. The van der Waals surface area contributed by atoms with Crippen LogP contribution in [0.25, 0.3) is 23.3 Å². The standard InChI is InChI=1S/2C30H37.2C3H6.2ClH.2Zr/c2*1-9-20-11-14-27(24(20)10-2)30(29(6,7)8)16-15-26-22(19-30)17-21-18-23(28(3,4)5)12-13-25(21)26;2*1-3-2;;;;/h2*11-13,15-18H,9-10,14H2,1-8H3;2*1-2H3;2*1H;;/q2*-1;;;;;;/p-2. The van der Waals surface area contributed by atoms with Gasteiger partial charge in [-0.05, 0) is 104 Å². The summed E-state index contributed by atoms with van der Waals surface area (Å²) in [6.07, 6.45) is 34.1. The average molecular weight is 1130 g/mol. The largest absolute Gasteiger partial charge is 1.00 e. The molecule has 6 aliphatic carbocycles.